The average molecular weight is 252 g/mol. The van der Waals surface area contributed by atoms with E-state index in [9.17, 15) is 4.79 Å². The van der Waals surface area contributed by atoms with Crippen molar-refractivity contribution in [2.75, 3.05) is 14.1 Å². The third-order valence-electron chi connectivity index (χ3n) is 5.04. The molecule has 0 radical (unpaired) electrons. The van der Waals surface area contributed by atoms with Gasteiger partial charge in [-0.2, -0.15) is 0 Å². The lowest BCUT2D eigenvalue weighted by Gasteiger charge is -2.35. The van der Waals surface area contributed by atoms with Crippen molar-refractivity contribution in [3.05, 3.63) is 0 Å². The van der Waals surface area contributed by atoms with Crippen molar-refractivity contribution in [1.82, 2.24) is 10.2 Å². The highest BCUT2D eigenvalue weighted by Gasteiger charge is 2.26. The second-order valence-corrected chi connectivity index (χ2v) is 6.13. The summed E-state index contributed by atoms with van der Waals surface area (Å²) in [5, 5.41) is 3.34. The molecule has 0 atom stereocenters. The fourth-order valence-corrected chi connectivity index (χ4v) is 3.24. The molecular weight excluding hydrogens is 224 g/mol. The average Bonchev–Trinajstić information content (AvgIpc) is 2.36. The Morgan fingerprint density at radius 2 is 1.83 bits per heavy atom. The van der Waals surface area contributed by atoms with E-state index < -0.39 is 0 Å². The van der Waals surface area contributed by atoms with Gasteiger partial charge in [-0.1, -0.05) is 19.3 Å². The first-order valence-corrected chi connectivity index (χ1v) is 7.63. The van der Waals surface area contributed by atoms with E-state index in [1.54, 1.807) is 0 Å². The molecule has 0 bridgehead atoms. The third kappa shape index (κ3) is 3.47. The van der Waals surface area contributed by atoms with Crippen LogP contribution in [0.2, 0.25) is 0 Å². The Labute approximate surface area is 111 Å². The van der Waals surface area contributed by atoms with Crippen LogP contribution in [-0.2, 0) is 4.79 Å². The summed E-state index contributed by atoms with van der Waals surface area (Å²) in [6, 6.07) is 1.16. The predicted octanol–water partition coefficient (Wildman–Crippen LogP) is 2.56. The van der Waals surface area contributed by atoms with E-state index in [0.717, 1.165) is 31.6 Å². The van der Waals surface area contributed by atoms with Crippen molar-refractivity contribution in [1.29, 1.82) is 0 Å². The first-order valence-electron chi connectivity index (χ1n) is 7.63. The van der Waals surface area contributed by atoms with Gasteiger partial charge in [0.15, 0.2) is 0 Å². The third-order valence-corrected chi connectivity index (χ3v) is 5.04. The van der Waals surface area contributed by atoms with Gasteiger partial charge >= 0.3 is 0 Å². The normalized spacial score (nSPS) is 28.8. The van der Waals surface area contributed by atoms with Crippen LogP contribution in [0.5, 0.6) is 0 Å². The van der Waals surface area contributed by atoms with Crippen LogP contribution >= 0.6 is 0 Å². The zero-order valence-electron chi connectivity index (χ0n) is 12.0. The highest BCUT2D eigenvalue weighted by Crippen LogP contribution is 2.31. The number of hydrogen-bond donors (Lipinski definition) is 1. The predicted molar refractivity (Wildman–Crippen MR) is 74.4 cm³/mol. The van der Waals surface area contributed by atoms with Crippen LogP contribution in [-0.4, -0.2) is 37.0 Å². The SMILES string of the molecule is CNC1CCC(N(C)C(=O)CCC2CCC2)CC1. The first kappa shape index (κ1) is 13.9. The highest BCUT2D eigenvalue weighted by atomic mass is 16.2. The maximum Gasteiger partial charge on any atom is 0.222 e. The Morgan fingerprint density at radius 1 is 1.17 bits per heavy atom. The number of nitrogens with one attached hydrogen (secondary N) is 1. The van der Waals surface area contributed by atoms with E-state index in [2.05, 4.69) is 5.32 Å². The molecule has 18 heavy (non-hydrogen) atoms. The number of carbonyl (C=O) groups excluding carboxylic acids is 1. The topological polar surface area (TPSA) is 32.3 Å². The molecule has 0 aromatic rings. The molecule has 2 rings (SSSR count). The largest absolute Gasteiger partial charge is 0.343 e. The van der Waals surface area contributed by atoms with Crippen LogP contribution in [0.15, 0.2) is 0 Å². The maximum atomic E-state index is 12.1. The molecule has 104 valence electrons. The Bertz CT molecular complexity index is 268. The summed E-state index contributed by atoms with van der Waals surface area (Å²) in [4.78, 5) is 14.2. The number of carbonyl (C=O) groups is 1. The number of rotatable bonds is 5. The van der Waals surface area contributed by atoms with Crippen molar-refractivity contribution in [3.8, 4) is 0 Å². The van der Waals surface area contributed by atoms with Crippen LogP contribution < -0.4 is 5.32 Å². The lowest BCUT2D eigenvalue weighted by Crippen LogP contribution is -2.42. The van der Waals surface area contributed by atoms with Gasteiger partial charge in [0.25, 0.3) is 0 Å². The summed E-state index contributed by atoms with van der Waals surface area (Å²) < 4.78 is 0. The smallest absolute Gasteiger partial charge is 0.222 e. The number of amides is 1. The van der Waals surface area contributed by atoms with Crippen LogP contribution in [0.3, 0.4) is 0 Å². The van der Waals surface area contributed by atoms with Crippen molar-refractivity contribution in [3.63, 3.8) is 0 Å². The molecule has 2 aliphatic rings. The van der Waals surface area contributed by atoms with Crippen LogP contribution in [0.25, 0.3) is 0 Å². The summed E-state index contributed by atoms with van der Waals surface area (Å²) in [7, 11) is 4.05. The van der Waals surface area contributed by atoms with E-state index >= 15 is 0 Å². The zero-order valence-corrected chi connectivity index (χ0v) is 12.0. The van der Waals surface area contributed by atoms with Crippen molar-refractivity contribution < 1.29 is 4.79 Å². The fourth-order valence-electron chi connectivity index (χ4n) is 3.24. The monoisotopic (exact) mass is 252 g/mol. The molecule has 0 aromatic carbocycles. The molecule has 0 spiro atoms. The second kappa shape index (κ2) is 6.55. The maximum absolute atomic E-state index is 12.1. The minimum Gasteiger partial charge on any atom is -0.343 e. The Balaban J connectivity index is 1.69. The first-order chi connectivity index (χ1) is 8.70. The fraction of sp³-hybridized carbons (Fsp3) is 0.933. The lowest BCUT2D eigenvalue weighted by atomic mass is 9.82. The molecular formula is C15H28N2O. The minimum absolute atomic E-state index is 0.370. The lowest BCUT2D eigenvalue weighted by molar-refractivity contribution is -0.133. The highest BCUT2D eigenvalue weighted by molar-refractivity contribution is 5.76. The van der Waals surface area contributed by atoms with Crippen LogP contribution in [0, 0.1) is 5.92 Å². The molecule has 0 unspecified atom stereocenters. The Morgan fingerprint density at radius 3 is 2.33 bits per heavy atom. The zero-order chi connectivity index (χ0) is 13.0. The van der Waals surface area contributed by atoms with Crippen molar-refractivity contribution >= 4 is 5.91 Å². The summed E-state index contributed by atoms with van der Waals surface area (Å²) in [5.41, 5.74) is 0. The van der Waals surface area contributed by atoms with E-state index in [1.165, 1.54) is 32.1 Å². The van der Waals surface area contributed by atoms with Gasteiger partial charge in [0, 0.05) is 25.6 Å². The van der Waals surface area contributed by atoms with Crippen molar-refractivity contribution in [2.45, 2.75) is 69.9 Å². The van der Waals surface area contributed by atoms with E-state index in [1.807, 2.05) is 19.0 Å². The van der Waals surface area contributed by atoms with Crippen molar-refractivity contribution in [2.24, 2.45) is 5.92 Å². The van der Waals surface area contributed by atoms with Gasteiger partial charge in [-0.05, 0) is 45.1 Å². The summed E-state index contributed by atoms with van der Waals surface area (Å²) in [6.45, 7) is 0. The van der Waals surface area contributed by atoms with Gasteiger partial charge in [0.05, 0.1) is 0 Å². The molecule has 0 aromatic heterocycles. The molecule has 3 heteroatoms. The second-order valence-electron chi connectivity index (χ2n) is 6.13. The summed E-state index contributed by atoms with van der Waals surface area (Å²) in [6.07, 6.45) is 10.7. The van der Waals surface area contributed by atoms with Crippen LogP contribution in [0.1, 0.15) is 57.8 Å². The number of hydrogen-bond acceptors (Lipinski definition) is 2. The van der Waals surface area contributed by atoms with E-state index in [-0.39, 0.29) is 0 Å². The van der Waals surface area contributed by atoms with Gasteiger partial charge in [0.2, 0.25) is 5.91 Å². The molecule has 0 heterocycles. The van der Waals surface area contributed by atoms with Crippen LogP contribution in [0.4, 0.5) is 0 Å². The molecule has 0 aliphatic heterocycles. The quantitative estimate of drug-likeness (QED) is 0.815. The van der Waals surface area contributed by atoms with E-state index in [4.69, 9.17) is 0 Å². The molecule has 2 saturated carbocycles. The van der Waals surface area contributed by atoms with Gasteiger partial charge in [-0.25, -0.2) is 0 Å². The van der Waals surface area contributed by atoms with Gasteiger partial charge in [-0.3, -0.25) is 4.79 Å². The van der Waals surface area contributed by atoms with Gasteiger partial charge in [0.1, 0.15) is 0 Å². The Hall–Kier alpha value is -0.570. The van der Waals surface area contributed by atoms with Gasteiger partial charge in [-0.15, -0.1) is 0 Å². The molecule has 1 amide bonds. The Kier molecular flexibility index (Phi) is 5.04. The number of nitrogens with zero attached hydrogens (tertiary/aromatic N) is 1. The van der Waals surface area contributed by atoms with E-state index in [0.29, 0.717) is 18.0 Å². The molecule has 0 saturated heterocycles. The standard InChI is InChI=1S/C15H28N2O/c1-16-13-7-9-14(10-8-13)17(2)15(18)11-6-12-4-3-5-12/h12-14,16H,3-11H2,1-2H3. The molecule has 2 fully saturated rings. The minimum atomic E-state index is 0.370. The van der Waals surface area contributed by atoms with Gasteiger partial charge < -0.3 is 10.2 Å². The molecule has 2 aliphatic carbocycles. The molecule has 3 nitrogen and oxygen atoms in total. The summed E-state index contributed by atoms with van der Waals surface area (Å²) in [5.74, 6) is 1.22. The molecule has 1 N–H and O–H groups in total. The summed E-state index contributed by atoms with van der Waals surface area (Å²) >= 11 is 0.